The molecule has 2 rings (SSSR count). The molecule has 0 saturated heterocycles. The van der Waals surface area contributed by atoms with Crippen LogP contribution in [0.3, 0.4) is 0 Å². The summed E-state index contributed by atoms with van der Waals surface area (Å²) in [6.07, 6.45) is 1.09. The second kappa shape index (κ2) is 5.97. The third-order valence-electron chi connectivity index (χ3n) is 2.50. The van der Waals surface area contributed by atoms with Gasteiger partial charge in [-0.3, -0.25) is 4.79 Å². The zero-order chi connectivity index (χ0) is 14.8. The number of pyridine rings is 1. The van der Waals surface area contributed by atoms with Crippen molar-refractivity contribution in [1.82, 2.24) is 9.71 Å². The van der Waals surface area contributed by atoms with Gasteiger partial charge in [0, 0.05) is 17.8 Å². The lowest BCUT2D eigenvalue weighted by Crippen LogP contribution is -2.24. The number of hydrogen-bond donors (Lipinski definition) is 2. The highest BCUT2D eigenvalue weighted by atomic mass is 35.5. The van der Waals surface area contributed by atoms with Gasteiger partial charge in [0.25, 0.3) is 5.56 Å². The number of benzene rings is 1. The molecule has 5 nitrogen and oxygen atoms in total. The number of aromatic amines is 1. The van der Waals surface area contributed by atoms with E-state index in [2.05, 4.69) is 9.71 Å². The average Bonchev–Trinajstić information content (AvgIpc) is 2.40. The highest BCUT2D eigenvalue weighted by Crippen LogP contribution is 2.13. The predicted molar refractivity (Wildman–Crippen MR) is 77.6 cm³/mol. The summed E-state index contributed by atoms with van der Waals surface area (Å²) >= 11 is 11.4. The van der Waals surface area contributed by atoms with Crippen LogP contribution < -0.4 is 10.3 Å². The molecule has 0 aliphatic rings. The van der Waals surface area contributed by atoms with Gasteiger partial charge in [-0.25, -0.2) is 13.1 Å². The molecule has 0 aliphatic heterocycles. The van der Waals surface area contributed by atoms with Crippen molar-refractivity contribution in [2.75, 3.05) is 0 Å². The van der Waals surface area contributed by atoms with Crippen LogP contribution in [0.1, 0.15) is 5.56 Å². The Hall–Kier alpha value is -1.34. The van der Waals surface area contributed by atoms with Gasteiger partial charge in [0.1, 0.15) is 5.02 Å². The molecule has 106 valence electrons. The normalized spacial score (nSPS) is 11.5. The Morgan fingerprint density at radius 1 is 1.20 bits per heavy atom. The van der Waals surface area contributed by atoms with Crippen LogP contribution in [0.5, 0.6) is 0 Å². The first-order chi connectivity index (χ1) is 9.38. The van der Waals surface area contributed by atoms with Crippen LogP contribution in [0, 0.1) is 0 Å². The molecule has 1 heterocycles. The van der Waals surface area contributed by atoms with E-state index in [0.717, 1.165) is 17.8 Å². The summed E-state index contributed by atoms with van der Waals surface area (Å²) in [5.41, 5.74) is 0.178. The molecule has 0 radical (unpaired) electrons. The van der Waals surface area contributed by atoms with Crippen LogP contribution in [-0.4, -0.2) is 13.4 Å². The van der Waals surface area contributed by atoms with E-state index in [-0.39, 0.29) is 16.5 Å². The summed E-state index contributed by atoms with van der Waals surface area (Å²) in [6.45, 7) is 0.0830. The van der Waals surface area contributed by atoms with Gasteiger partial charge in [0.05, 0.1) is 4.90 Å². The molecule has 1 aromatic carbocycles. The first kappa shape index (κ1) is 15.1. The molecule has 0 unspecified atom stereocenters. The highest BCUT2D eigenvalue weighted by Gasteiger charge is 2.15. The van der Waals surface area contributed by atoms with Gasteiger partial charge < -0.3 is 4.98 Å². The Bertz CT molecular complexity index is 787. The molecule has 0 aliphatic carbocycles. The molecule has 0 bridgehead atoms. The van der Waals surface area contributed by atoms with Gasteiger partial charge in [-0.2, -0.15) is 0 Å². The number of hydrogen-bond acceptors (Lipinski definition) is 3. The maximum atomic E-state index is 12.0. The molecule has 8 heteroatoms. The summed E-state index contributed by atoms with van der Waals surface area (Å²) in [5, 5.41) is 0.337. The van der Waals surface area contributed by atoms with E-state index in [4.69, 9.17) is 23.2 Å². The van der Waals surface area contributed by atoms with Crippen LogP contribution in [0.15, 0.2) is 46.2 Å². The van der Waals surface area contributed by atoms with Gasteiger partial charge >= 0.3 is 0 Å². The van der Waals surface area contributed by atoms with Gasteiger partial charge in [-0.05, 0) is 23.8 Å². The fourth-order valence-electron chi connectivity index (χ4n) is 1.50. The fourth-order valence-corrected chi connectivity index (χ4v) is 2.96. The minimum atomic E-state index is -3.76. The topological polar surface area (TPSA) is 79.0 Å². The Morgan fingerprint density at radius 3 is 2.60 bits per heavy atom. The van der Waals surface area contributed by atoms with Crippen LogP contribution in [-0.2, 0) is 16.6 Å². The predicted octanol–water partition coefficient (Wildman–Crippen LogP) is 2.16. The Labute approximate surface area is 125 Å². The Kier molecular flexibility index (Phi) is 4.49. The smallest absolute Gasteiger partial charge is 0.266 e. The Balaban J connectivity index is 2.19. The number of halogens is 2. The zero-order valence-electron chi connectivity index (χ0n) is 10.1. The standard InChI is InChI=1S/C12H10Cl2N2O3S/c13-9-3-1-2-8(4-9)6-16-20(18,19)10-5-11(14)12(17)15-7-10/h1-5,7,16H,6H2,(H,15,17). The van der Waals surface area contributed by atoms with Crippen molar-refractivity contribution in [1.29, 1.82) is 0 Å². The monoisotopic (exact) mass is 332 g/mol. The van der Waals surface area contributed by atoms with Crippen molar-refractivity contribution in [3.8, 4) is 0 Å². The van der Waals surface area contributed by atoms with E-state index in [0.29, 0.717) is 5.02 Å². The van der Waals surface area contributed by atoms with Crippen molar-refractivity contribution < 1.29 is 8.42 Å². The number of aromatic nitrogens is 1. The Morgan fingerprint density at radius 2 is 1.95 bits per heavy atom. The van der Waals surface area contributed by atoms with Crippen LogP contribution in [0.2, 0.25) is 10.0 Å². The van der Waals surface area contributed by atoms with E-state index in [1.807, 2.05) is 0 Å². The van der Waals surface area contributed by atoms with Crippen molar-refractivity contribution >= 4 is 33.2 Å². The quantitative estimate of drug-likeness (QED) is 0.900. The minimum Gasteiger partial charge on any atom is -0.326 e. The molecule has 0 fully saturated rings. The second-order valence-electron chi connectivity index (χ2n) is 3.97. The first-order valence-corrected chi connectivity index (χ1v) is 7.75. The van der Waals surface area contributed by atoms with Gasteiger partial charge in [0.15, 0.2) is 0 Å². The van der Waals surface area contributed by atoms with E-state index >= 15 is 0 Å². The summed E-state index contributed by atoms with van der Waals surface area (Å²) in [6, 6.07) is 7.92. The molecule has 0 spiro atoms. The molecule has 0 amide bonds. The third kappa shape index (κ3) is 3.61. The number of sulfonamides is 1. The maximum Gasteiger partial charge on any atom is 0.266 e. The van der Waals surface area contributed by atoms with Crippen LogP contribution >= 0.6 is 23.2 Å². The molecule has 0 saturated carbocycles. The molecule has 2 N–H and O–H groups in total. The van der Waals surface area contributed by atoms with Gasteiger partial charge in [-0.15, -0.1) is 0 Å². The summed E-state index contributed by atoms with van der Waals surface area (Å²) in [4.78, 5) is 13.2. The van der Waals surface area contributed by atoms with Crippen molar-refractivity contribution in [3.63, 3.8) is 0 Å². The SMILES string of the molecule is O=c1[nH]cc(S(=O)(=O)NCc2cccc(Cl)c2)cc1Cl. The van der Waals surface area contributed by atoms with Crippen LogP contribution in [0.4, 0.5) is 0 Å². The molecular formula is C12H10Cl2N2O3S. The first-order valence-electron chi connectivity index (χ1n) is 5.51. The summed E-state index contributed by atoms with van der Waals surface area (Å²) in [7, 11) is -3.76. The lowest BCUT2D eigenvalue weighted by molar-refractivity contribution is 0.581. The molecule has 2 aromatic rings. The third-order valence-corrected chi connectivity index (χ3v) is 4.39. The average molecular weight is 333 g/mol. The highest BCUT2D eigenvalue weighted by molar-refractivity contribution is 7.89. The second-order valence-corrected chi connectivity index (χ2v) is 6.58. The van der Waals surface area contributed by atoms with Crippen molar-refractivity contribution in [3.05, 3.63) is 62.5 Å². The van der Waals surface area contributed by atoms with Crippen LogP contribution in [0.25, 0.3) is 0 Å². The van der Waals surface area contributed by atoms with E-state index in [1.54, 1.807) is 24.3 Å². The van der Waals surface area contributed by atoms with Gasteiger partial charge in [-0.1, -0.05) is 35.3 Å². The molecule has 20 heavy (non-hydrogen) atoms. The zero-order valence-corrected chi connectivity index (χ0v) is 12.4. The number of H-pyrrole nitrogens is 1. The molecule has 0 atom stereocenters. The van der Waals surface area contributed by atoms with Crippen molar-refractivity contribution in [2.24, 2.45) is 0 Å². The fraction of sp³-hybridized carbons (Fsp3) is 0.0833. The van der Waals surface area contributed by atoms with E-state index in [1.165, 1.54) is 0 Å². The largest absolute Gasteiger partial charge is 0.326 e. The summed E-state index contributed by atoms with van der Waals surface area (Å²) < 4.78 is 26.5. The van der Waals surface area contributed by atoms with E-state index in [9.17, 15) is 13.2 Å². The van der Waals surface area contributed by atoms with Gasteiger partial charge in [0.2, 0.25) is 10.0 Å². The lowest BCUT2D eigenvalue weighted by Gasteiger charge is -2.07. The summed E-state index contributed by atoms with van der Waals surface area (Å²) in [5.74, 6) is 0. The molecule has 1 aromatic heterocycles. The number of nitrogens with one attached hydrogen (secondary N) is 2. The number of rotatable bonds is 4. The molecular weight excluding hydrogens is 323 g/mol. The minimum absolute atomic E-state index is 0.0830. The maximum absolute atomic E-state index is 12.0. The van der Waals surface area contributed by atoms with Crippen molar-refractivity contribution in [2.45, 2.75) is 11.4 Å². The lowest BCUT2D eigenvalue weighted by atomic mass is 10.2. The van der Waals surface area contributed by atoms with E-state index < -0.39 is 15.6 Å².